The van der Waals surface area contributed by atoms with Gasteiger partial charge in [-0.05, 0) is 26.7 Å². The van der Waals surface area contributed by atoms with Gasteiger partial charge in [-0.2, -0.15) is 0 Å². The second-order valence-corrected chi connectivity index (χ2v) is 5.75. The highest BCUT2D eigenvalue weighted by Gasteiger charge is 2.14. The van der Waals surface area contributed by atoms with Crippen LogP contribution in [0.2, 0.25) is 0 Å². The molecular weight excluding hydrogens is 216 g/mol. The van der Waals surface area contributed by atoms with Crippen molar-refractivity contribution in [2.45, 2.75) is 65.5 Å². The molecule has 1 rings (SSSR count). The number of nitrogens with one attached hydrogen (secondary N) is 1. The fraction of sp³-hybridized carbons (Fsp3) is 0.769. The van der Waals surface area contributed by atoms with Gasteiger partial charge in [-0.15, -0.1) is 11.3 Å². The highest BCUT2D eigenvalue weighted by Crippen LogP contribution is 2.22. The molecule has 0 bridgehead atoms. The van der Waals surface area contributed by atoms with Crippen LogP contribution in [-0.2, 0) is 0 Å². The van der Waals surface area contributed by atoms with Crippen molar-refractivity contribution in [1.82, 2.24) is 10.3 Å². The molecule has 3 heteroatoms. The first kappa shape index (κ1) is 13.7. The van der Waals surface area contributed by atoms with Crippen LogP contribution < -0.4 is 5.32 Å². The van der Waals surface area contributed by atoms with E-state index in [1.807, 2.05) is 17.5 Å². The minimum absolute atomic E-state index is 0.436. The maximum atomic E-state index is 4.48. The Labute approximate surface area is 103 Å². The number of aryl methyl sites for hydroxylation is 1. The zero-order valence-electron chi connectivity index (χ0n) is 10.9. The molecule has 0 aromatic carbocycles. The van der Waals surface area contributed by atoms with Crippen LogP contribution in [0.5, 0.6) is 0 Å². The zero-order valence-corrected chi connectivity index (χ0v) is 11.7. The van der Waals surface area contributed by atoms with Gasteiger partial charge in [-0.1, -0.05) is 26.7 Å². The number of nitrogens with zero attached hydrogens (tertiary/aromatic N) is 1. The van der Waals surface area contributed by atoms with Gasteiger partial charge in [0.25, 0.3) is 0 Å². The summed E-state index contributed by atoms with van der Waals surface area (Å²) in [5.41, 5.74) is 0. The van der Waals surface area contributed by atoms with Gasteiger partial charge >= 0.3 is 0 Å². The molecule has 2 unspecified atom stereocenters. The molecule has 1 N–H and O–H groups in total. The summed E-state index contributed by atoms with van der Waals surface area (Å²) in [6.07, 6.45) is 6.93. The van der Waals surface area contributed by atoms with Gasteiger partial charge in [-0.25, -0.2) is 4.98 Å². The van der Waals surface area contributed by atoms with E-state index in [-0.39, 0.29) is 0 Å². The van der Waals surface area contributed by atoms with Gasteiger partial charge in [0.05, 0.1) is 6.04 Å². The summed E-state index contributed by atoms with van der Waals surface area (Å²) in [4.78, 5) is 5.78. The van der Waals surface area contributed by atoms with Crippen molar-refractivity contribution in [2.24, 2.45) is 0 Å². The molecular formula is C13H24N2S. The van der Waals surface area contributed by atoms with Gasteiger partial charge in [-0.3, -0.25) is 0 Å². The van der Waals surface area contributed by atoms with Crippen LogP contribution in [0.1, 0.15) is 62.4 Å². The Balaban J connectivity index is 2.48. The lowest BCUT2D eigenvalue weighted by Crippen LogP contribution is -2.30. The molecule has 0 amide bonds. The van der Waals surface area contributed by atoms with E-state index in [2.05, 4.69) is 38.0 Å². The van der Waals surface area contributed by atoms with Crippen LogP contribution in [0, 0.1) is 6.92 Å². The molecule has 92 valence electrons. The summed E-state index contributed by atoms with van der Waals surface area (Å²) in [6.45, 7) is 8.86. The standard InChI is InChI=1S/C13H24N2S/c1-5-7-8-10(3)15-12(6-2)13-14-9-11(4)16-13/h9-10,12,15H,5-8H2,1-4H3. The highest BCUT2D eigenvalue weighted by atomic mass is 32.1. The van der Waals surface area contributed by atoms with E-state index >= 15 is 0 Å². The van der Waals surface area contributed by atoms with Crippen LogP contribution in [0.4, 0.5) is 0 Å². The topological polar surface area (TPSA) is 24.9 Å². The smallest absolute Gasteiger partial charge is 0.110 e. The average molecular weight is 240 g/mol. The van der Waals surface area contributed by atoms with Gasteiger partial charge in [0.2, 0.25) is 0 Å². The molecule has 0 saturated carbocycles. The molecule has 2 atom stereocenters. The van der Waals surface area contributed by atoms with Crippen molar-refractivity contribution in [3.05, 3.63) is 16.1 Å². The summed E-state index contributed by atoms with van der Waals surface area (Å²) >= 11 is 1.81. The van der Waals surface area contributed by atoms with Crippen LogP contribution in [0.3, 0.4) is 0 Å². The van der Waals surface area contributed by atoms with Gasteiger partial charge in [0.15, 0.2) is 0 Å². The first-order chi connectivity index (χ1) is 7.67. The predicted molar refractivity (Wildman–Crippen MR) is 72.0 cm³/mol. The normalized spacial score (nSPS) is 15.0. The summed E-state index contributed by atoms with van der Waals surface area (Å²) in [6, 6.07) is 1.03. The number of hydrogen-bond donors (Lipinski definition) is 1. The predicted octanol–water partition coefficient (Wildman–Crippen LogP) is 4.07. The first-order valence-electron chi connectivity index (χ1n) is 6.35. The highest BCUT2D eigenvalue weighted by molar-refractivity contribution is 7.11. The first-order valence-corrected chi connectivity index (χ1v) is 7.17. The zero-order chi connectivity index (χ0) is 12.0. The number of aromatic nitrogens is 1. The fourth-order valence-electron chi connectivity index (χ4n) is 1.83. The van der Waals surface area contributed by atoms with Crippen LogP contribution in [-0.4, -0.2) is 11.0 Å². The molecule has 0 spiro atoms. The van der Waals surface area contributed by atoms with E-state index in [0.717, 1.165) is 6.42 Å². The summed E-state index contributed by atoms with van der Waals surface area (Å²) < 4.78 is 0. The van der Waals surface area contributed by atoms with Crippen molar-refractivity contribution in [3.8, 4) is 0 Å². The molecule has 1 heterocycles. The summed E-state index contributed by atoms with van der Waals surface area (Å²) in [5, 5.41) is 4.92. The molecule has 0 aliphatic rings. The second-order valence-electron chi connectivity index (χ2n) is 4.48. The number of hydrogen-bond acceptors (Lipinski definition) is 3. The molecule has 0 aliphatic carbocycles. The van der Waals surface area contributed by atoms with Crippen molar-refractivity contribution in [1.29, 1.82) is 0 Å². The minimum Gasteiger partial charge on any atom is -0.305 e. The van der Waals surface area contributed by atoms with Crippen molar-refractivity contribution >= 4 is 11.3 Å². The Hall–Kier alpha value is -0.410. The van der Waals surface area contributed by atoms with E-state index in [9.17, 15) is 0 Å². The average Bonchev–Trinajstić information content (AvgIpc) is 2.69. The lowest BCUT2D eigenvalue weighted by molar-refractivity contribution is 0.417. The van der Waals surface area contributed by atoms with Crippen LogP contribution >= 0.6 is 11.3 Å². The molecule has 2 nitrogen and oxygen atoms in total. The molecule has 1 aromatic heterocycles. The number of thiazole rings is 1. The molecule has 0 radical (unpaired) electrons. The SMILES string of the molecule is CCCCC(C)NC(CC)c1ncc(C)s1. The van der Waals surface area contributed by atoms with Crippen LogP contribution in [0.25, 0.3) is 0 Å². The summed E-state index contributed by atoms with van der Waals surface area (Å²) in [7, 11) is 0. The van der Waals surface area contributed by atoms with Gasteiger partial charge in [0.1, 0.15) is 5.01 Å². The Morgan fingerprint density at radius 3 is 2.69 bits per heavy atom. The van der Waals surface area contributed by atoms with E-state index in [1.54, 1.807) is 0 Å². The third-order valence-electron chi connectivity index (χ3n) is 2.82. The number of rotatable bonds is 7. The maximum absolute atomic E-state index is 4.48. The Kier molecular flexibility index (Phi) is 5.99. The molecule has 0 aliphatic heterocycles. The Morgan fingerprint density at radius 1 is 1.44 bits per heavy atom. The van der Waals surface area contributed by atoms with Gasteiger partial charge < -0.3 is 5.32 Å². The van der Waals surface area contributed by atoms with Crippen LogP contribution in [0.15, 0.2) is 6.20 Å². The van der Waals surface area contributed by atoms with E-state index in [1.165, 1.54) is 29.1 Å². The van der Waals surface area contributed by atoms with Crippen molar-refractivity contribution in [3.63, 3.8) is 0 Å². The Bertz CT molecular complexity index is 296. The lowest BCUT2D eigenvalue weighted by atomic mass is 10.1. The minimum atomic E-state index is 0.436. The van der Waals surface area contributed by atoms with E-state index < -0.39 is 0 Å². The molecule has 16 heavy (non-hydrogen) atoms. The van der Waals surface area contributed by atoms with E-state index in [4.69, 9.17) is 0 Å². The van der Waals surface area contributed by atoms with E-state index in [0.29, 0.717) is 12.1 Å². The maximum Gasteiger partial charge on any atom is 0.110 e. The fourth-order valence-corrected chi connectivity index (χ4v) is 2.75. The molecule has 0 fully saturated rings. The lowest BCUT2D eigenvalue weighted by Gasteiger charge is -2.20. The molecule has 1 aromatic rings. The number of unbranched alkanes of at least 4 members (excludes halogenated alkanes) is 1. The molecule has 0 saturated heterocycles. The largest absolute Gasteiger partial charge is 0.305 e. The quantitative estimate of drug-likeness (QED) is 0.777. The van der Waals surface area contributed by atoms with Gasteiger partial charge in [0, 0.05) is 17.1 Å². The monoisotopic (exact) mass is 240 g/mol. The summed E-state index contributed by atoms with van der Waals surface area (Å²) in [5.74, 6) is 0. The van der Waals surface area contributed by atoms with Crippen molar-refractivity contribution in [2.75, 3.05) is 0 Å². The Morgan fingerprint density at radius 2 is 2.19 bits per heavy atom. The third kappa shape index (κ3) is 4.22. The van der Waals surface area contributed by atoms with Crippen molar-refractivity contribution < 1.29 is 0 Å². The third-order valence-corrected chi connectivity index (χ3v) is 3.85. The second kappa shape index (κ2) is 7.02.